The maximum absolute atomic E-state index is 12.8. The lowest BCUT2D eigenvalue weighted by atomic mass is 9.72. The van der Waals surface area contributed by atoms with Crippen LogP contribution in [0.5, 0.6) is 0 Å². The Balaban J connectivity index is 1.53. The Hall–Kier alpha value is -2.15. The molecule has 4 heterocycles. The van der Waals surface area contributed by atoms with Crippen molar-refractivity contribution in [2.45, 2.75) is 51.6 Å². The van der Waals surface area contributed by atoms with Crippen molar-refractivity contribution in [2.24, 2.45) is 11.8 Å². The van der Waals surface area contributed by atoms with Crippen molar-refractivity contribution in [1.29, 1.82) is 0 Å². The molecule has 4 atom stereocenters. The van der Waals surface area contributed by atoms with Crippen LogP contribution in [-0.2, 0) is 4.79 Å². The number of hydrogen-bond donors (Lipinski definition) is 1. The Morgan fingerprint density at radius 1 is 1.36 bits per heavy atom. The highest BCUT2D eigenvalue weighted by Crippen LogP contribution is 2.41. The standard InChI is InChI=1S/C21H30N4O3/c1-4-8-24-11-15-9-16(12-24)18(25-17(15)6-5-7-19(25)26)10-22-21(27)20-13(2)23-28-14(20)3/h4,15-18H,1,5-12H2,2-3H3,(H,22,27)/t15-,16+,17+,18+/m1/s1. The van der Waals surface area contributed by atoms with Crippen molar-refractivity contribution in [1.82, 2.24) is 20.3 Å². The van der Waals surface area contributed by atoms with Gasteiger partial charge in [-0.3, -0.25) is 14.5 Å². The summed E-state index contributed by atoms with van der Waals surface area (Å²) in [6, 6.07) is 0.345. The maximum Gasteiger partial charge on any atom is 0.256 e. The topological polar surface area (TPSA) is 78.7 Å². The summed E-state index contributed by atoms with van der Waals surface area (Å²) in [6.45, 7) is 10.8. The van der Waals surface area contributed by atoms with E-state index >= 15 is 0 Å². The average Bonchev–Trinajstić information content (AvgIpc) is 3.00. The van der Waals surface area contributed by atoms with Crippen LogP contribution in [0.4, 0.5) is 0 Å². The summed E-state index contributed by atoms with van der Waals surface area (Å²) in [5.41, 5.74) is 1.10. The SMILES string of the molecule is C=CCN1C[C@H]2C[C@@H](C1)[C@H](CNC(=O)c1c(C)noc1C)N1C(=O)CCC[C@@H]21. The molecule has 3 aliphatic heterocycles. The van der Waals surface area contributed by atoms with Crippen LogP contribution in [0.15, 0.2) is 17.2 Å². The van der Waals surface area contributed by atoms with E-state index in [0.29, 0.717) is 47.9 Å². The van der Waals surface area contributed by atoms with Crippen LogP contribution >= 0.6 is 0 Å². The van der Waals surface area contributed by atoms with E-state index < -0.39 is 0 Å². The highest BCUT2D eigenvalue weighted by molar-refractivity contribution is 5.96. The monoisotopic (exact) mass is 386 g/mol. The first kappa shape index (κ1) is 19.2. The molecule has 0 aromatic carbocycles. The van der Waals surface area contributed by atoms with Crippen molar-refractivity contribution in [3.8, 4) is 0 Å². The largest absolute Gasteiger partial charge is 0.361 e. The third-order valence-electron chi connectivity index (χ3n) is 6.69. The summed E-state index contributed by atoms with van der Waals surface area (Å²) in [4.78, 5) is 30.1. The Morgan fingerprint density at radius 3 is 2.86 bits per heavy atom. The minimum atomic E-state index is -0.168. The van der Waals surface area contributed by atoms with Gasteiger partial charge in [-0.25, -0.2) is 0 Å². The lowest BCUT2D eigenvalue weighted by Gasteiger charge is -2.56. The number of nitrogens with one attached hydrogen (secondary N) is 1. The van der Waals surface area contributed by atoms with Gasteiger partial charge in [-0.2, -0.15) is 0 Å². The number of likely N-dealkylation sites (tertiary alicyclic amines) is 1. The molecule has 0 unspecified atom stereocenters. The molecule has 152 valence electrons. The fraction of sp³-hybridized carbons (Fsp3) is 0.667. The van der Waals surface area contributed by atoms with Crippen molar-refractivity contribution in [3.63, 3.8) is 0 Å². The van der Waals surface area contributed by atoms with Gasteiger partial charge in [0.25, 0.3) is 5.91 Å². The molecule has 3 aliphatic rings. The second-order valence-corrected chi connectivity index (χ2v) is 8.50. The first-order valence-electron chi connectivity index (χ1n) is 10.3. The molecule has 7 heteroatoms. The molecular weight excluding hydrogens is 356 g/mol. The zero-order chi connectivity index (χ0) is 19.8. The fourth-order valence-electron chi connectivity index (χ4n) is 5.56. The molecule has 3 saturated heterocycles. The van der Waals surface area contributed by atoms with Crippen molar-refractivity contribution in [2.75, 3.05) is 26.2 Å². The van der Waals surface area contributed by atoms with Crippen LogP contribution in [0.1, 0.15) is 47.5 Å². The van der Waals surface area contributed by atoms with Crippen LogP contribution < -0.4 is 5.32 Å². The van der Waals surface area contributed by atoms with E-state index in [1.165, 1.54) is 0 Å². The average molecular weight is 386 g/mol. The van der Waals surface area contributed by atoms with Crippen LogP contribution in [0.25, 0.3) is 0 Å². The molecular formula is C21H30N4O3. The van der Waals surface area contributed by atoms with Crippen LogP contribution in [0, 0.1) is 25.7 Å². The summed E-state index contributed by atoms with van der Waals surface area (Å²) in [5, 5.41) is 6.94. The predicted octanol–water partition coefficient (Wildman–Crippen LogP) is 1.91. The molecule has 4 rings (SSSR count). The van der Waals surface area contributed by atoms with Crippen LogP contribution in [0.3, 0.4) is 0 Å². The number of piperidine rings is 3. The second-order valence-electron chi connectivity index (χ2n) is 8.50. The number of nitrogens with zero attached hydrogens (tertiary/aromatic N) is 3. The minimum absolute atomic E-state index is 0.0473. The molecule has 2 bridgehead atoms. The smallest absolute Gasteiger partial charge is 0.256 e. The Bertz CT molecular complexity index is 754. The van der Waals surface area contributed by atoms with Gasteiger partial charge in [-0.1, -0.05) is 11.2 Å². The number of rotatable bonds is 5. The van der Waals surface area contributed by atoms with Gasteiger partial charge >= 0.3 is 0 Å². The molecule has 0 saturated carbocycles. The third kappa shape index (κ3) is 3.36. The molecule has 1 aromatic heterocycles. The lowest BCUT2D eigenvalue weighted by molar-refractivity contribution is -0.152. The number of aromatic nitrogens is 1. The Kier molecular flexibility index (Phi) is 5.27. The summed E-state index contributed by atoms with van der Waals surface area (Å²) in [5.74, 6) is 1.51. The van der Waals surface area contributed by atoms with Gasteiger partial charge in [0.05, 0.1) is 11.7 Å². The highest BCUT2D eigenvalue weighted by atomic mass is 16.5. The molecule has 28 heavy (non-hydrogen) atoms. The Labute approximate surface area is 166 Å². The molecule has 1 N–H and O–H groups in total. The second kappa shape index (κ2) is 7.70. The van der Waals surface area contributed by atoms with Gasteiger partial charge in [0, 0.05) is 38.6 Å². The minimum Gasteiger partial charge on any atom is -0.361 e. The van der Waals surface area contributed by atoms with E-state index in [1.807, 2.05) is 6.08 Å². The van der Waals surface area contributed by atoms with Gasteiger partial charge in [0.15, 0.2) is 0 Å². The molecule has 0 radical (unpaired) electrons. The number of amides is 2. The fourth-order valence-corrected chi connectivity index (χ4v) is 5.56. The molecule has 3 fully saturated rings. The summed E-state index contributed by atoms with van der Waals surface area (Å²) in [7, 11) is 0. The number of carbonyl (C=O) groups is 2. The molecule has 7 nitrogen and oxygen atoms in total. The normalized spacial score (nSPS) is 30.1. The number of hydrogen-bond acceptors (Lipinski definition) is 5. The lowest BCUT2D eigenvalue weighted by Crippen LogP contribution is -2.67. The molecule has 0 spiro atoms. The van der Waals surface area contributed by atoms with E-state index in [-0.39, 0.29) is 17.9 Å². The van der Waals surface area contributed by atoms with Gasteiger partial charge in [0.1, 0.15) is 11.3 Å². The predicted molar refractivity (Wildman–Crippen MR) is 105 cm³/mol. The summed E-state index contributed by atoms with van der Waals surface area (Å²) < 4.78 is 5.13. The molecule has 2 amide bonds. The molecule has 1 aromatic rings. The van der Waals surface area contributed by atoms with Crippen LogP contribution in [-0.4, -0.2) is 65.0 Å². The number of aryl methyl sites for hydroxylation is 2. The maximum atomic E-state index is 12.8. The van der Waals surface area contributed by atoms with Crippen LogP contribution in [0.2, 0.25) is 0 Å². The zero-order valence-electron chi connectivity index (χ0n) is 16.8. The van der Waals surface area contributed by atoms with E-state index in [1.54, 1.807) is 13.8 Å². The van der Waals surface area contributed by atoms with E-state index in [2.05, 4.69) is 26.9 Å². The number of fused-ring (bicyclic) bond motifs is 4. The van der Waals surface area contributed by atoms with Crippen molar-refractivity contribution < 1.29 is 14.1 Å². The Morgan fingerprint density at radius 2 is 2.14 bits per heavy atom. The van der Waals surface area contributed by atoms with Gasteiger partial charge in [-0.15, -0.1) is 6.58 Å². The van der Waals surface area contributed by atoms with Gasteiger partial charge < -0.3 is 14.7 Å². The molecule has 0 aliphatic carbocycles. The first-order chi connectivity index (χ1) is 13.5. The van der Waals surface area contributed by atoms with E-state index in [0.717, 1.165) is 38.9 Å². The zero-order valence-corrected chi connectivity index (χ0v) is 16.8. The summed E-state index contributed by atoms with van der Waals surface area (Å²) >= 11 is 0. The quantitative estimate of drug-likeness (QED) is 0.782. The van der Waals surface area contributed by atoms with E-state index in [9.17, 15) is 9.59 Å². The van der Waals surface area contributed by atoms with Crippen molar-refractivity contribution in [3.05, 3.63) is 29.7 Å². The first-order valence-corrected chi connectivity index (χ1v) is 10.3. The number of carbonyl (C=O) groups excluding carboxylic acids is 2. The van der Waals surface area contributed by atoms with E-state index in [4.69, 9.17) is 4.52 Å². The summed E-state index contributed by atoms with van der Waals surface area (Å²) in [6.07, 6.45) is 5.76. The third-order valence-corrected chi connectivity index (χ3v) is 6.69. The van der Waals surface area contributed by atoms with Gasteiger partial charge in [0.2, 0.25) is 5.91 Å². The highest BCUT2D eigenvalue weighted by Gasteiger charge is 2.49. The van der Waals surface area contributed by atoms with Gasteiger partial charge in [-0.05, 0) is 44.9 Å². The van der Waals surface area contributed by atoms with Crippen molar-refractivity contribution >= 4 is 11.8 Å².